The van der Waals surface area contributed by atoms with Crippen molar-refractivity contribution in [2.45, 2.75) is 5.41 Å². The average molecular weight is 331 g/mol. The number of rotatable bonds is 0. The molecule has 121 valence electrons. The Kier molecular flexibility index (Phi) is 2.60. The molecule has 1 aliphatic heterocycles. The summed E-state index contributed by atoms with van der Waals surface area (Å²) < 4.78 is 6.28. The molecule has 0 atom stereocenters. The Balaban J connectivity index is 1.87. The molecular formula is C25H15O. The molecule has 0 bridgehead atoms. The van der Waals surface area contributed by atoms with E-state index in [2.05, 4.69) is 78.9 Å². The first kappa shape index (κ1) is 13.9. The topological polar surface area (TPSA) is 9.23 Å². The third-order valence-electron chi connectivity index (χ3n) is 5.65. The van der Waals surface area contributed by atoms with Crippen LogP contribution in [0.2, 0.25) is 0 Å². The lowest BCUT2D eigenvalue weighted by Gasteiger charge is -2.39. The minimum atomic E-state index is -0.376. The van der Waals surface area contributed by atoms with E-state index in [9.17, 15) is 0 Å². The minimum absolute atomic E-state index is 0.376. The number of fused-ring (bicyclic) bond motifs is 9. The van der Waals surface area contributed by atoms with E-state index in [1.165, 1.54) is 33.4 Å². The zero-order valence-electron chi connectivity index (χ0n) is 14.1. The van der Waals surface area contributed by atoms with Crippen LogP contribution < -0.4 is 4.74 Å². The van der Waals surface area contributed by atoms with Crippen molar-refractivity contribution >= 4 is 0 Å². The van der Waals surface area contributed by atoms with Crippen molar-refractivity contribution in [1.82, 2.24) is 0 Å². The maximum Gasteiger partial charge on any atom is 0.132 e. The first-order chi connectivity index (χ1) is 12.9. The Morgan fingerprint density at radius 3 is 1.88 bits per heavy atom. The Labute approximate surface area is 152 Å². The molecule has 1 nitrogen and oxygen atoms in total. The Morgan fingerprint density at radius 1 is 0.577 bits per heavy atom. The molecule has 1 heterocycles. The van der Waals surface area contributed by atoms with E-state index in [4.69, 9.17) is 4.74 Å². The second kappa shape index (κ2) is 4.86. The summed E-state index contributed by atoms with van der Waals surface area (Å²) in [5.74, 6) is 1.84. The Morgan fingerprint density at radius 2 is 1.15 bits per heavy atom. The van der Waals surface area contributed by atoms with Gasteiger partial charge in [-0.15, -0.1) is 0 Å². The predicted octanol–water partition coefficient (Wildman–Crippen LogP) is 5.96. The van der Waals surface area contributed by atoms with Gasteiger partial charge in [0.25, 0.3) is 0 Å². The predicted molar refractivity (Wildman–Crippen MR) is 103 cm³/mol. The number of hydrogen-bond acceptors (Lipinski definition) is 1. The lowest BCUT2D eigenvalue weighted by atomic mass is 9.66. The van der Waals surface area contributed by atoms with Crippen LogP contribution in [-0.2, 0) is 5.41 Å². The third-order valence-corrected chi connectivity index (χ3v) is 5.65. The maximum absolute atomic E-state index is 6.28. The summed E-state index contributed by atoms with van der Waals surface area (Å²) >= 11 is 0. The average Bonchev–Trinajstić information content (AvgIpc) is 3.00. The van der Waals surface area contributed by atoms with Gasteiger partial charge in [-0.3, -0.25) is 0 Å². The van der Waals surface area contributed by atoms with Gasteiger partial charge in [0.1, 0.15) is 11.5 Å². The van der Waals surface area contributed by atoms with Gasteiger partial charge in [-0.05, 0) is 40.5 Å². The van der Waals surface area contributed by atoms with Crippen molar-refractivity contribution in [1.29, 1.82) is 0 Å². The SMILES string of the molecule is [c]1cccc2c1C1(c3ccccc3Oc3ccccc31)c1ccccc1-2. The second-order valence-corrected chi connectivity index (χ2v) is 6.85. The standard InChI is InChI=1S/C25H15O/c1-3-11-19-17(9-1)18-10-2-4-12-20(18)25(19)21-13-5-7-15-23(21)26-24-16-8-6-14-22(24)25/h1-11,13-16H. The van der Waals surface area contributed by atoms with Crippen molar-refractivity contribution in [2.75, 3.05) is 0 Å². The molecule has 1 spiro atoms. The molecule has 4 aromatic rings. The zero-order chi connectivity index (χ0) is 17.1. The van der Waals surface area contributed by atoms with Crippen LogP contribution in [0, 0.1) is 6.07 Å². The molecule has 0 unspecified atom stereocenters. The highest BCUT2D eigenvalue weighted by Crippen LogP contribution is 2.61. The van der Waals surface area contributed by atoms with Gasteiger partial charge in [-0.2, -0.15) is 0 Å². The molecule has 1 aliphatic carbocycles. The number of benzene rings is 4. The molecule has 26 heavy (non-hydrogen) atoms. The quantitative estimate of drug-likeness (QED) is 0.334. The van der Waals surface area contributed by atoms with Crippen LogP contribution in [0.25, 0.3) is 11.1 Å². The molecule has 6 rings (SSSR count). The van der Waals surface area contributed by atoms with E-state index in [1.54, 1.807) is 0 Å². The molecule has 0 N–H and O–H groups in total. The van der Waals surface area contributed by atoms with E-state index in [-0.39, 0.29) is 5.41 Å². The zero-order valence-corrected chi connectivity index (χ0v) is 14.1. The molecule has 2 aliphatic rings. The van der Waals surface area contributed by atoms with Crippen LogP contribution >= 0.6 is 0 Å². The van der Waals surface area contributed by atoms with E-state index in [1.807, 2.05) is 18.2 Å². The smallest absolute Gasteiger partial charge is 0.132 e. The van der Waals surface area contributed by atoms with Gasteiger partial charge in [0.05, 0.1) is 5.41 Å². The summed E-state index contributed by atoms with van der Waals surface area (Å²) in [5.41, 5.74) is 7.06. The largest absolute Gasteiger partial charge is 0.457 e. The summed E-state index contributed by atoms with van der Waals surface area (Å²) in [6, 6.07) is 35.4. The first-order valence-corrected chi connectivity index (χ1v) is 8.88. The van der Waals surface area contributed by atoms with Crippen LogP contribution in [0.3, 0.4) is 0 Å². The van der Waals surface area contributed by atoms with Gasteiger partial charge in [0, 0.05) is 11.1 Å². The van der Waals surface area contributed by atoms with Crippen LogP contribution in [0.4, 0.5) is 0 Å². The molecule has 0 saturated heterocycles. The number of ether oxygens (including phenoxy) is 1. The summed E-state index contributed by atoms with van der Waals surface area (Å²) in [4.78, 5) is 0. The van der Waals surface area contributed by atoms with Crippen LogP contribution in [0.5, 0.6) is 11.5 Å². The lowest BCUT2D eigenvalue weighted by molar-refractivity contribution is 0.436. The van der Waals surface area contributed by atoms with E-state index in [0.717, 1.165) is 11.5 Å². The second-order valence-electron chi connectivity index (χ2n) is 6.85. The van der Waals surface area contributed by atoms with Crippen LogP contribution in [0.1, 0.15) is 22.3 Å². The van der Waals surface area contributed by atoms with Crippen molar-refractivity contribution in [3.8, 4) is 22.6 Å². The van der Waals surface area contributed by atoms with E-state index >= 15 is 0 Å². The number of para-hydroxylation sites is 2. The lowest BCUT2D eigenvalue weighted by Crippen LogP contribution is -2.32. The third kappa shape index (κ3) is 1.52. The fraction of sp³-hybridized carbons (Fsp3) is 0.0400. The highest BCUT2D eigenvalue weighted by Gasteiger charge is 2.50. The van der Waals surface area contributed by atoms with Gasteiger partial charge in [0.15, 0.2) is 0 Å². The van der Waals surface area contributed by atoms with Crippen molar-refractivity contribution in [2.24, 2.45) is 0 Å². The van der Waals surface area contributed by atoms with Crippen LogP contribution in [-0.4, -0.2) is 0 Å². The monoisotopic (exact) mass is 331 g/mol. The van der Waals surface area contributed by atoms with Gasteiger partial charge < -0.3 is 4.74 Å². The summed E-state index contributed by atoms with van der Waals surface area (Å²) in [6.45, 7) is 0. The summed E-state index contributed by atoms with van der Waals surface area (Å²) in [6.07, 6.45) is 0. The minimum Gasteiger partial charge on any atom is -0.457 e. The Bertz CT molecular complexity index is 1080. The van der Waals surface area contributed by atoms with Gasteiger partial charge in [-0.1, -0.05) is 78.9 Å². The Hall–Kier alpha value is -3.32. The molecule has 0 fully saturated rings. The maximum atomic E-state index is 6.28. The summed E-state index contributed by atoms with van der Waals surface area (Å²) in [7, 11) is 0. The molecular weight excluding hydrogens is 316 g/mol. The normalized spacial score (nSPS) is 14.8. The molecule has 0 saturated carbocycles. The molecule has 0 amide bonds. The first-order valence-electron chi connectivity index (χ1n) is 8.88. The molecule has 0 aromatic heterocycles. The van der Waals surface area contributed by atoms with Gasteiger partial charge >= 0.3 is 0 Å². The molecule has 4 aromatic carbocycles. The van der Waals surface area contributed by atoms with Crippen molar-refractivity contribution in [3.05, 3.63) is 119 Å². The van der Waals surface area contributed by atoms with Gasteiger partial charge in [0.2, 0.25) is 0 Å². The van der Waals surface area contributed by atoms with Crippen molar-refractivity contribution < 1.29 is 4.74 Å². The molecule has 1 heteroatoms. The fourth-order valence-electron chi connectivity index (χ4n) is 4.71. The summed E-state index contributed by atoms with van der Waals surface area (Å²) in [5, 5.41) is 0. The number of hydrogen-bond donors (Lipinski definition) is 0. The van der Waals surface area contributed by atoms with E-state index < -0.39 is 0 Å². The highest BCUT2D eigenvalue weighted by molar-refractivity contribution is 5.88. The van der Waals surface area contributed by atoms with E-state index in [0.29, 0.717) is 0 Å². The highest BCUT2D eigenvalue weighted by atomic mass is 16.5. The van der Waals surface area contributed by atoms with Crippen molar-refractivity contribution in [3.63, 3.8) is 0 Å². The molecule has 1 radical (unpaired) electrons. The van der Waals surface area contributed by atoms with Gasteiger partial charge in [-0.25, -0.2) is 0 Å². The van der Waals surface area contributed by atoms with Crippen LogP contribution in [0.15, 0.2) is 91.0 Å². The fourth-order valence-corrected chi connectivity index (χ4v) is 4.71.